The van der Waals surface area contributed by atoms with Crippen LogP contribution in [0.5, 0.6) is 5.75 Å². The van der Waals surface area contributed by atoms with Gasteiger partial charge in [-0.1, -0.05) is 24.3 Å². The molecule has 0 saturated carbocycles. The SMILES string of the molecule is CN(C)C(=O)c1ccc(CN=C(N)Nc2ccccc2OC(F)(F)F)cc1. The van der Waals surface area contributed by atoms with Crippen LogP contribution in [0.3, 0.4) is 0 Å². The lowest BCUT2D eigenvalue weighted by molar-refractivity contribution is -0.274. The van der Waals surface area contributed by atoms with Crippen LogP contribution in [0.15, 0.2) is 53.5 Å². The van der Waals surface area contributed by atoms with E-state index in [1.54, 1.807) is 44.4 Å². The van der Waals surface area contributed by atoms with Gasteiger partial charge in [0.25, 0.3) is 5.91 Å². The highest BCUT2D eigenvalue weighted by atomic mass is 19.4. The molecule has 0 fully saturated rings. The first-order chi connectivity index (χ1) is 12.7. The summed E-state index contributed by atoms with van der Waals surface area (Å²) in [5.41, 5.74) is 7.12. The van der Waals surface area contributed by atoms with E-state index in [-0.39, 0.29) is 24.1 Å². The molecule has 0 radical (unpaired) electrons. The number of nitrogens with one attached hydrogen (secondary N) is 1. The van der Waals surface area contributed by atoms with E-state index in [2.05, 4.69) is 15.0 Å². The minimum atomic E-state index is -4.81. The highest BCUT2D eigenvalue weighted by Gasteiger charge is 2.32. The van der Waals surface area contributed by atoms with Crippen LogP contribution in [-0.2, 0) is 6.54 Å². The van der Waals surface area contributed by atoms with Gasteiger partial charge in [0.1, 0.15) is 0 Å². The topological polar surface area (TPSA) is 80.0 Å². The summed E-state index contributed by atoms with van der Waals surface area (Å²) in [5, 5.41) is 2.59. The van der Waals surface area contributed by atoms with Gasteiger partial charge in [-0.05, 0) is 29.8 Å². The second kappa shape index (κ2) is 8.43. The fraction of sp³-hybridized carbons (Fsp3) is 0.222. The zero-order valence-corrected chi connectivity index (χ0v) is 14.7. The summed E-state index contributed by atoms with van der Waals surface area (Å²) in [4.78, 5) is 17.4. The summed E-state index contributed by atoms with van der Waals surface area (Å²) in [6, 6.07) is 12.3. The van der Waals surface area contributed by atoms with Gasteiger partial charge in [-0.25, -0.2) is 4.99 Å². The third kappa shape index (κ3) is 6.21. The van der Waals surface area contributed by atoms with Crippen molar-refractivity contribution >= 4 is 17.6 Å². The van der Waals surface area contributed by atoms with Crippen molar-refractivity contribution in [2.75, 3.05) is 19.4 Å². The molecule has 0 saturated heterocycles. The number of halogens is 3. The number of rotatable bonds is 5. The average Bonchev–Trinajstić information content (AvgIpc) is 2.60. The van der Waals surface area contributed by atoms with Crippen molar-refractivity contribution in [3.8, 4) is 5.75 Å². The minimum Gasteiger partial charge on any atom is -0.404 e. The standard InChI is InChI=1S/C18H19F3N4O2/c1-25(2)16(26)13-9-7-12(8-10-13)11-23-17(22)24-14-5-3-4-6-15(14)27-18(19,20)21/h3-10H,11H2,1-2H3,(H3,22,23,24). The van der Waals surface area contributed by atoms with Gasteiger partial charge in [0.05, 0.1) is 12.2 Å². The van der Waals surface area contributed by atoms with Crippen LogP contribution in [0.1, 0.15) is 15.9 Å². The van der Waals surface area contributed by atoms with Crippen LogP contribution >= 0.6 is 0 Å². The Balaban J connectivity index is 2.04. The van der Waals surface area contributed by atoms with E-state index in [4.69, 9.17) is 5.73 Å². The maximum atomic E-state index is 12.4. The van der Waals surface area contributed by atoms with Gasteiger partial charge in [-0.15, -0.1) is 13.2 Å². The molecule has 9 heteroatoms. The molecule has 0 aliphatic carbocycles. The average molecular weight is 380 g/mol. The number of ether oxygens (including phenoxy) is 1. The Bertz CT molecular complexity index is 818. The van der Waals surface area contributed by atoms with E-state index in [1.807, 2.05) is 0 Å². The molecule has 2 aromatic carbocycles. The van der Waals surface area contributed by atoms with Crippen LogP contribution in [0.2, 0.25) is 0 Å². The predicted molar refractivity (Wildman–Crippen MR) is 96.5 cm³/mol. The number of anilines is 1. The molecule has 0 unspecified atom stereocenters. The number of benzene rings is 2. The van der Waals surface area contributed by atoms with E-state index in [0.717, 1.165) is 5.56 Å². The van der Waals surface area contributed by atoms with E-state index in [9.17, 15) is 18.0 Å². The van der Waals surface area contributed by atoms with Crippen molar-refractivity contribution in [2.45, 2.75) is 12.9 Å². The Morgan fingerprint density at radius 3 is 2.37 bits per heavy atom. The van der Waals surface area contributed by atoms with Crippen molar-refractivity contribution in [1.29, 1.82) is 0 Å². The van der Waals surface area contributed by atoms with Crippen molar-refractivity contribution in [3.05, 3.63) is 59.7 Å². The predicted octanol–water partition coefficient (Wildman–Crippen LogP) is 3.21. The summed E-state index contributed by atoms with van der Waals surface area (Å²) >= 11 is 0. The fourth-order valence-electron chi connectivity index (χ4n) is 2.15. The Morgan fingerprint density at radius 1 is 1.15 bits per heavy atom. The minimum absolute atomic E-state index is 0.0444. The quantitative estimate of drug-likeness (QED) is 0.617. The summed E-state index contributed by atoms with van der Waals surface area (Å²) in [7, 11) is 3.32. The first kappa shape index (κ1) is 20.1. The molecule has 0 aliphatic rings. The van der Waals surface area contributed by atoms with Crippen LogP contribution in [0.25, 0.3) is 0 Å². The zero-order chi connectivity index (χ0) is 20.0. The Kier molecular flexibility index (Phi) is 6.27. The second-order valence-corrected chi connectivity index (χ2v) is 5.77. The highest BCUT2D eigenvalue weighted by Crippen LogP contribution is 2.29. The maximum Gasteiger partial charge on any atom is 0.573 e. The molecule has 0 heterocycles. The van der Waals surface area contributed by atoms with Gasteiger partial charge >= 0.3 is 6.36 Å². The Labute approximate surface area is 154 Å². The smallest absolute Gasteiger partial charge is 0.404 e. The van der Waals surface area contributed by atoms with E-state index in [0.29, 0.717) is 5.56 Å². The van der Waals surface area contributed by atoms with E-state index < -0.39 is 12.1 Å². The molecule has 2 aromatic rings. The normalized spacial score (nSPS) is 11.8. The van der Waals surface area contributed by atoms with Gasteiger partial charge in [-0.3, -0.25) is 4.79 Å². The fourth-order valence-corrected chi connectivity index (χ4v) is 2.15. The number of para-hydroxylation sites is 2. The zero-order valence-electron chi connectivity index (χ0n) is 14.7. The van der Waals surface area contributed by atoms with Crippen molar-refractivity contribution < 1.29 is 22.7 Å². The highest BCUT2D eigenvalue weighted by molar-refractivity contribution is 5.94. The third-order valence-corrected chi connectivity index (χ3v) is 3.41. The van der Waals surface area contributed by atoms with Gasteiger partial charge in [-0.2, -0.15) is 0 Å². The molecule has 6 nitrogen and oxygen atoms in total. The van der Waals surface area contributed by atoms with Crippen LogP contribution in [0.4, 0.5) is 18.9 Å². The number of nitrogens with zero attached hydrogens (tertiary/aromatic N) is 2. The number of carbonyl (C=O) groups excluding carboxylic acids is 1. The largest absolute Gasteiger partial charge is 0.573 e. The summed E-state index contributed by atoms with van der Waals surface area (Å²) in [6.45, 7) is 0.192. The molecule has 27 heavy (non-hydrogen) atoms. The van der Waals surface area contributed by atoms with Gasteiger partial charge in [0.2, 0.25) is 0 Å². The van der Waals surface area contributed by atoms with Crippen LogP contribution < -0.4 is 15.8 Å². The number of hydrogen-bond donors (Lipinski definition) is 2. The lowest BCUT2D eigenvalue weighted by atomic mass is 10.1. The third-order valence-electron chi connectivity index (χ3n) is 3.41. The summed E-state index contributed by atoms with van der Waals surface area (Å²) in [5.74, 6) is -0.594. The van der Waals surface area contributed by atoms with E-state index in [1.165, 1.54) is 23.1 Å². The van der Waals surface area contributed by atoms with Crippen molar-refractivity contribution in [2.24, 2.45) is 10.7 Å². The van der Waals surface area contributed by atoms with Crippen LogP contribution in [-0.4, -0.2) is 37.2 Å². The molecule has 0 spiro atoms. The first-order valence-corrected chi connectivity index (χ1v) is 7.88. The molecule has 3 N–H and O–H groups in total. The first-order valence-electron chi connectivity index (χ1n) is 7.88. The van der Waals surface area contributed by atoms with Crippen LogP contribution in [0, 0.1) is 0 Å². The van der Waals surface area contributed by atoms with Crippen molar-refractivity contribution in [1.82, 2.24) is 4.90 Å². The Morgan fingerprint density at radius 2 is 1.78 bits per heavy atom. The number of carbonyl (C=O) groups is 1. The molecular formula is C18H19F3N4O2. The van der Waals surface area contributed by atoms with Gasteiger partial charge < -0.3 is 20.7 Å². The van der Waals surface area contributed by atoms with Crippen molar-refractivity contribution in [3.63, 3.8) is 0 Å². The molecular weight excluding hydrogens is 361 g/mol. The maximum absolute atomic E-state index is 12.4. The molecule has 2 rings (SSSR count). The number of nitrogens with two attached hydrogens (primary N) is 1. The second-order valence-electron chi connectivity index (χ2n) is 5.77. The molecule has 0 bridgehead atoms. The van der Waals surface area contributed by atoms with E-state index >= 15 is 0 Å². The summed E-state index contributed by atoms with van der Waals surface area (Å²) < 4.78 is 41.2. The lowest BCUT2D eigenvalue weighted by Crippen LogP contribution is -2.24. The number of hydrogen-bond acceptors (Lipinski definition) is 3. The number of guanidine groups is 1. The number of amides is 1. The lowest BCUT2D eigenvalue weighted by Gasteiger charge is -2.14. The Hall–Kier alpha value is -3.23. The summed E-state index contributed by atoms with van der Waals surface area (Å²) in [6.07, 6.45) is -4.81. The molecule has 0 aromatic heterocycles. The molecule has 0 aliphatic heterocycles. The van der Waals surface area contributed by atoms with Gasteiger partial charge in [0, 0.05) is 19.7 Å². The molecule has 144 valence electrons. The monoisotopic (exact) mass is 380 g/mol. The number of aliphatic imine (C=N–C) groups is 1. The molecule has 1 amide bonds. The number of alkyl halides is 3. The van der Waals surface area contributed by atoms with Gasteiger partial charge in [0.15, 0.2) is 11.7 Å². The molecule has 0 atom stereocenters.